The van der Waals surface area contributed by atoms with Gasteiger partial charge in [0, 0.05) is 28.6 Å². The van der Waals surface area contributed by atoms with Gasteiger partial charge in [0.2, 0.25) is 5.91 Å². The summed E-state index contributed by atoms with van der Waals surface area (Å²) in [5, 5.41) is 13.4. The summed E-state index contributed by atoms with van der Waals surface area (Å²) in [5.41, 5.74) is -0.176. The van der Waals surface area contributed by atoms with Crippen LogP contribution in [0.4, 0.5) is 0 Å². The van der Waals surface area contributed by atoms with Gasteiger partial charge in [-0.2, -0.15) is 0 Å². The summed E-state index contributed by atoms with van der Waals surface area (Å²) in [6.07, 6.45) is 8.05. The van der Waals surface area contributed by atoms with E-state index in [-0.39, 0.29) is 24.0 Å². The van der Waals surface area contributed by atoms with Gasteiger partial charge in [0.1, 0.15) is 0 Å². The number of aryl methyl sites for hydroxylation is 1. The lowest BCUT2D eigenvalue weighted by Gasteiger charge is -2.29. The van der Waals surface area contributed by atoms with E-state index in [4.69, 9.17) is 0 Å². The lowest BCUT2D eigenvalue weighted by Crippen LogP contribution is -2.44. The first-order valence-corrected chi connectivity index (χ1v) is 7.37. The molecule has 0 aliphatic heterocycles. The number of aliphatic hydroxyl groups is 1. The zero-order valence-corrected chi connectivity index (χ0v) is 12.2. The van der Waals surface area contributed by atoms with Crippen LogP contribution in [-0.2, 0) is 4.79 Å². The molecule has 19 heavy (non-hydrogen) atoms. The van der Waals surface area contributed by atoms with E-state index in [1.54, 1.807) is 29.7 Å². The van der Waals surface area contributed by atoms with Crippen LogP contribution in [-0.4, -0.2) is 28.6 Å². The molecule has 2 N–H and O–H groups in total. The molecule has 0 aromatic carbocycles. The van der Waals surface area contributed by atoms with E-state index in [2.05, 4.69) is 10.3 Å². The van der Waals surface area contributed by atoms with Crippen molar-refractivity contribution in [1.29, 1.82) is 0 Å². The minimum Gasteiger partial charge on any atom is -0.396 e. The van der Waals surface area contributed by atoms with Crippen molar-refractivity contribution >= 4 is 23.3 Å². The smallest absolute Gasteiger partial charge is 0.244 e. The molecule has 0 bridgehead atoms. The second-order valence-corrected chi connectivity index (χ2v) is 6.65. The first-order valence-electron chi connectivity index (χ1n) is 6.55. The van der Waals surface area contributed by atoms with Crippen LogP contribution in [0.3, 0.4) is 0 Å². The Hall–Kier alpha value is -1.20. The van der Waals surface area contributed by atoms with Crippen molar-refractivity contribution in [1.82, 2.24) is 10.3 Å². The second-order valence-electron chi connectivity index (χ2n) is 5.38. The second kappa shape index (κ2) is 5.84. The highest BCUT2D eigenvalue weighted by Gasteiger charge is 2.38. The van der Waals surface area contributed by atoms with Crippen LogP contribution >= 0.6 is 11.3 Å². The van der Waals surface area contributed by atoms with Gasteiger partial charge in [-0.25, -0.2) is 4.98 Å². The summed E-state index contributed by atoms with van der Waals surface area (Å²) in [4.78, 5) is 17.0. The van der Waals surface area contributed by atoms with Crippen molar-refractivity contribution in [2.45, 2.75) is 39.2 Å². The molecule has 1 amide bonds. The van der Waals surface area contributed by atoms with Crippen LogP contribution < -0.4 is 5.32 Å². The van der Waals surface area contributed by atoms with Gasteiger partial charge >= 0.3 is 0 Å². The van der Waals surface area contributed by atoms with Crippen molar-refractivity contribution in [3.63, 3.8) is 0 Å². The van der Waals surface area contributed by atoms with Crippen LogP contribution in [0.15, 0.2) is 12.3 Å². The van der Waals surface area contributed by atoms with Gasteiger partial charge in [-0.1, -0.05) is 13.3 Å². The highest BCUT2D eigenvalue weighted by Crippen LogP contribution is 2.37. The van der Waals surface area contributed by atoms with Crippen LogP contribution in [0.2, 0.25) is 0 Å². The van der Waals surface area contributed by atoms with Gasteiger partial charge in [-0.05, 0) is 25.8 Å². The van der Waals surface area contributed by atoms with Gasteiger partial charge in [0.05, 0.1) is 11.6 Å². The Morgan fingerprint density at radius 1 is 1.74 bits per heavy atom. The summed E-state index contributed by atoms with van der Waals surface area (Å²) in [7, 11) is 0. The highest BCUT2D eigenvalue weighted by molar-refractivity contribution is 7.12. The van der Waals surface area contributed by atoms with Crippen LogP contribution in [0, 0.1) is 12.3 Å². The van der Waals surface area contributed by atoms with Gasteiger partial charge in [0.15, 0.2) is 0 Å². The first-order chi connectivity index (χ1) is 9.03. The van der Waals surface area contributed by atoms with Crippen molar-refractivity contribution in [3.8, 4) is 0 Å². The summed E-state index contributed by atoms with van der Waals surface area (Å²) in [6.45, 7) is 4.09. The molecule has 2 unspecified atom stereocenters. The quantitative estimate of drug-likeness (QED) is 0.831. The van der Waals surface area contributed by atoms with Crippen LogP contribution in [0.25, 0.3) is 6.08 Å². The van der Waals surface area contributed by atoms with Crippen molar-refractivity contribution in [3.05, 3.63) is 22.2 Å². The number of carbonyl (C=O) groups excluding carboxylic acids is 1. The molecule has 4 nitrogen and oxygen atoms in total. The number of amides is 1. The molecule has 5 heteroatoms. The maximum atomic E-state index is 11.9. The third-order valence-electron chi connectivity index (χ3n) is 3.80. The Labute approximate surface area is 117 Å². The molecule has 1 heterocycles. The number of nitrogens with zero attached hydrogens (tertiary/aromatic N) is 1. The summed E-state index contributed by atoms with van der Waals surface area (Å²) >= 11 is 1.56. The Morgan fingerprint density at radius 3 is 3.16 bits per heavy atom. The number of thiazole rings is 1. The molecular formula is C14H20N2O2S. The third kappa shape index (κ3) is 3.42. The van der Waals surface area contributed by atoms with Crippen molar-refractivity contribution in [2.24, 2.45) is 5.41 Å². The number of nitrogens with one attached hydrogen (secondary N) is 1. The van der Waals surface area contributed by atoms with E-state index >= 15 is 0 Å². The molecule has 1 fully saturated rings. The molecule has 0 saturated heterocycles. The number of hydrogen-bond acceptors (Lipinski definition) is 4. The van der Waals surface area contributed by atoms with Crippen LogP contribution in [0.5, 0.6) is 0 Å². The Bertz CT molecular complexity index is 484. The molecule has 0 radical (unpaired) electrons. The van der Waals surface area contributed by atoms with Crippen molar-refractivity contribution < 1.29 is 9.90 Å². The zero-order chi connectivity index (χ0) is 13.9. The van der Waals surface area contributed by atoms with E-state index in [0.29, 0.717) is 0 Å². The molecule has 1 aromatic heterocycles. The van der Waals surface area contributed by atoms with Gasteiger partial charge in [0.25, 0.3) is 0 Å². The van der Waals surface area contributed by atoms with Crippen LogP contribution in [0.1, 0.15) is 36.1 Å². The summed E-state index contributed by atoms with van der Waals surface area (Å²) in [6, 6.07) is 0.0675. The monoisotopic (exact) mass is 280 g/mol. The fourth-order valence-electron chi connectivity index (χ4n) is 2.50. The highest BCUT2D eigenvalue weighted by atomic mass is 32.1. The van der Waals surface area contributed by atoms with E-state index in [1.807, 2.05) is 13.8 Å². The molecule has 0 spiro atoms. The van der Waals surface area contributed by atoms with E-state index in [1.165, 1.54) is 0 Å². The largest absolute Gasteiger partial charge is 0.396 e. The van der Waals surface area contributed by atoms with Crippen molar-refractivity contribution in [2.75, 3.05) is 6.61 Å². The molecule has 1 aliphatic carbocycles. The maximum Gasteiger partial charge on any atom is 0.244 e. The van der Waals surface area contributed by atoms with E-state index in [0.717, 1.165) is 29.1 Å². The molecular weight excluding hydrogens is 260 g/mol. The standard InChI is InChI=1S/C14H20N2O2S/c1-10-15-8-11(19-10)5-6-13(18)16-12-4-3-7-14(12,2)9-17/h5-6,8,12,17H,3-4,7,9H2,1-2H3,(H,16,18)/b6-5+. The third-order valence-corrected chi connectivity index (χ3v) is 4.68. The minimum absolute atomic E-state index is 0.0675. The first kappa shape index (κ1) is 14.2. The molecule has 1 aromatic rings. The summed E-state index contributed by atoms with van der Waals surface area (Å²) in [5.74, 6) is -0.0994. The minimum atomic E-state index is -0.176. The fourth-order valence-corrected chi connectivity index (χ4v) is 3.19. The Kier molecular flexibility index (Phi) is 4.37. The number of carbonyl (C=O) groups is 1. The SMILES string of the molecule is Cc1ncc(/C=C/C(=O)NC2CCCC2(C)CO)s1. The lowest BCUT2D eigenvalue weighted by atomic mass is 9.86. The number of rotatable bonds is 4. The molecule has 2 atom stereocenters. The predicted molar refractivity (Wildman–Crippen MR) is 76.9 cm³/mol. The Balaban J connectivity index is 1.93. The predicted octanol–water partition coefficient (Wildman–Crippen LogP) is 2.13. The summed E-state index contributed by atoms with van der Waals surface area (Å²) < 4.78 is 0. The fraction of sp³-hybridized carbons (Fsp3) is 0.571. The van der Waals surface area contributed by atoms with Gasteiger partial charge in [-0.3, -0.25) is 4.79 Å². The molecule has 104 valence electrons. The zero-order valence-electron chi connectivity index (χ0n) is 11.3. The van der Waals surface area contributed by atoms with E-state index in [9.17, 15) is 9.90 Å². The topological polar surface area (TPSA) is 62.2 Å². The number of aliphatic hydroxyl groups excluding tert-OH is 1. The number of aromatic nitrogens is 1. The Morgan fingerprint density at radius 2 is 2.53 bits per heavy atom. The average Bonchev–Trinajstić information content (AvgIpc) is 2.95. The normalized spacial score (nSPS) is 27.0. The number of hydrogen-bond donors (Lipinski definition) is 2. The van der Waals surface area contributed by atoms with Gasteiger partial charge in [-0.15, -0.1) is 11.3 Å². The maximum absolute atomic E-state index is 11.9. The molecule has 1 saturated carbocycles. The molecule has 2 rings (SSSR count). The lowest BCUT2D eigenvalue weighted by molar-refractivity contribution is -0.117. The average molecular weight is 280 g/mol. The van der Waals surface area contributed by atoms with E-state index < -0.39 is 0 Å². The molecule has 1 aliphatic rings. The van der Waals surface area contributed by atoms with Gasteiger partial charge < -0.3 is 10.4 Å².